The van der Waals surface area contributed by atoms with Crippen molar-refractivity contribution in [1.29, 1.82) is 0 Å². The number of nitrogens with one attached hydrogen (secondary N) is 1. The summed E-state index contributed by atoms with van der Waals surface area (Å²) in [5.74, 6) is -0.0412. The maximum Gasteiger partial charge on any atom is 0.224 e. The first-order chi connectivity index (χ1) is 10.3. The van der Waals surface area contributed by atoms with Gasteiger partial charge in [0.15, 0.2) is 0 Å². The highest BCUT2D eigenvalue weighted by Gasteiger charge is 2.39. The smallest absolute Gasteiger partial charge is 0.224 e. The molecule has 122 valence electrons. The Kier molecular flexibility index (Phi) is 4.96. The lowest BCUT2D eigenvalue weighted by Gasteiger charge is -2.43. The predicted molar refractivity (Wildman–Crippen MR) is 91.9 cm³/mol. The minimum Gasteiger partial charge on any atom is -0.355 e. The summed E-state index contributed by atoms with van der Waals surface area (Å²) in [5.41, 5.74) is 8.58. The third kappa shape index (κ3) is 3.52. The van der Waals surface area contributed by atoms with Gasteiger partial charge in [-0.1, -0.05) is 58.4 Å². The molecular weight excluding hydrogens is 272 g/mol. The van der Waals surface area contributed by atoms with Crippen LogP contribution < -0.4 is 11.1 Å². The minimum absolute atomic E-state index is 0.0695. The van der Waals surface area contributed by atoms with Crippen LogP contribution >= 0.6 is 0 Å². The van der Waals surface area contributed by atoms with Gasteiger partial charge in [-0.05, 0) is 29.4 Å². The van der Waals surface area contributed by atoms with E-state index in [1.165, 1.54) is 17.5 Å². The number of rotatable bonds is 5. The molecule has 1 aromatic rings. The van der Waals surface area contributed by atoms with Crippen LogP contribution in [0.2, 0.25) is 0 Å². The molecule has 1 aliphatic carbocycles. The van der Waals surface area contributed by atoms with E-state index >= 15 is 0 Å². The van der Waals surface area contributed by atoms with E-state index in [4.69, 9.17) is 5.73 Å². The Hall–Kier alpha value is -1.35. The summed E-state index contributed by atoms with van der Waals surface area (Å²) in [7, 11) is 0. The number of carbonyl (C=O) groups is 1. The number of nitrogens with two attached hydrogens (primary N) is 1. The zero-order valence-corrected chi connectivity index (χ0v) is 14.4. The van der Waals surface area contributed by atoms with E-state index in [1.807, 2.05) is 6.92 Å². The Morgan fingerprint density at radius 1 is 1.27 bits per heavy atom. The first-order valence-corrected chi connectivity index (χ1v) is 8.37. The van der Waals surface area contributed by atoms with Gasteiger partial charge in [0, 0.05) is 24.4 Å². The molecule has 0 radical (unpaired) electrons. The zero-order valence-electron chi connectivity index (χ0n) is 14.4. The molecule has 0 bridgehead atoms. The van der Waals surface area contributed by atoms with E-state index in [1.54, 1.807) is 0 Å². The summed E-state index contributed by atoms with van der Waals surface area (Å²) in [4.78, 5) is 12.0. The Balaban J connectivity index is 2.09. The van der Waals surface area contributed by atoms with Gasteiger partial charge in [0.25, 0.3) is 0 Å². The van der Waals surface area contributed by atoms with E-state index < -0.39 is 0 Å². The molecule has 1 amide bonds. The van der Waals surface area contributed by atoms with Gasteiger partial charge in [-0.15, -0.1) is 0 Å². The molecule has 3 heteroatoms. The quantitative estimate of drug-likeness (QED) is 0.878. The highest BCUT2D eigenvalue weighted by molar-refractivity contribution is 5.78. The van der Waals surface area contributed by atoms with E-state index in [0.29, 0.717) is 6.54 Å². The Labute approximate surface area is 134 Å². The van der Waals surface area contributed by atoms with Crippen molar-refractivity contribution < 1.29 is 4.79 Å². The van der Waals surface area contributed by atoms with Gasteiger partial charge in [-0.25, -0.2) is 0 Å². The summed E-state index contributed by atoms with van der Waals surface area (Å²) in [6, 6.07) is 8.97. The Morgan fingerprint density at radius 3 is 2.27 bits per heavy atom. The highest BCUT2D eigenvalue weighted by atomic mass is 16.1. The van der Waals surface area contributed by atoms with E-state index in [0.717, 1.165) is 19.4 Å². The zero-order chi connectivity index (χ0) is 16.4. The Morgan fingerprint density at radius 2 is 1.86 bits per heavy atom. The molecule has 2 rings (SSSR count). The number of hydrogen-bond donors (Lipinski definition) is 2. The first kappa shape index (κ1) is 17.0. The summed E-state index contributed by atoms with van der Waals surface area (Å²) >= 11 is 0. The molecule has 0 spiro atoms. The van der Waals surface area contributed by atoms with Crippen molar-refractivity contribution in [2.24, 2.45) is 11.7 Å². The molecule has 3 N–H and O–H groups in total. The maximum atomic E-state index is 12.0. The third-order valence-electron chi connectivity index (χ3n) is 5.08. The van der Waals surface area contributed by atoms with Crippen LogP contribution in [-0.4, -0.2) is 19.0 Å². The van der Waals surface area contributed by atoms with E-state index in [2.05, 4.69) is 50.4 Å². The average Bonchev–Trinajstić information content (AvgIpc) is 2.44. The molecule has 1 fully saturated rings. The SMILES string of the molecule is CC(CN)C(=O)NCC1(c2ccc(C(C)(C)C)cc2)CCC1. The molecule has 1 atom stereocenters. The lowest BCUT2D eigenvalue weighted by molar-refractivity contribution is -0.124. The third-order valence-corrected chi connectivity index (χ3v) is 5.08. The molecule has 0 heterocycles. The fourth-order valence-corrected chi connectivity index (χ4v) is 3.03. The summed E-state index contributed by atoms with van der Waals surface area (Å²) < 4.78 is 0. The van der Waals surface area contributed by atoms with Gasteiger partial charge in [-0.3, -0.25) is 4.79 Å². The number of hydrogen-bond acceptors (Lipinski definition) is 2. The van der Waals surface area contributed by atoms with Crippen molar-refractivity contribution >= 4 is 5.91 Å². The number of amides is 1. The standard InChI is InChI=1S/C19H30N2O/c1-14(12-20)17(22)21-13-19(10-5-11-19)16-8-6-15(7-9-16)18(2,3)4/h6-9,14H,5,10-13,20H2,1-4H3,(H,21,22). The lowest BCUT2D eigenvalue weighted by Crippen LogP contribution is -2.47. The van der Waals surface area contributed by atoms with Crippen LogP contribution in [-0.2, 0) is 15.6 Å². The largest absolute Gasteiger partial charge is 0.355 e. The van der Waals surface area contributed by atoms with Crippen LogP contribution in [0.5, 0.6) is 0 Å². The summed E-state index contributed by atoms with van der Waals surface area (Å²) in [6.07, 6.45) is 3.54. The van der Waals surface area contributed by atoms with Crippen molar-refractivity contribution in [3.63, 3.8) is 0 Å². The molecule has 1 unspecified atom stereocenters. The second kappa shape index (κ2) is 6.41. The first-order valence-electron chi connectivity index (χ1n) is 8.37. The van der Waals surface area contributed by atoms with Crippen LogP contribution in [0.3, 0.4) is 0 Å². The number of benzene rings is 1. The van der Waals surface area contributed by atoms with Crippen molar-refractivity contribution in [2.75, 3.05) is 13.1 Å². The fraction of sp³-hybridized carbons (Fsp3) is 0.632. The fourth-order valence-electron chi connectivity index (χ4n) is 3.03. The van der Waals surface area contributed by atoms with Crippen molar-refractivity contribution in [3.05, 3.63) is 35.4 Å². The van der Waals surface area contributed by atoms with Crippen LogP contribution in [0.1, 0.15) is 58.1 Å². The second-order valence-corrected chi connectivity index (χ2v) is 7.82. The van der Waals surface area contributed by atoms with Crippen molar-refractivity contribution in [2.45, 2.75) is 57.8 Å². The summed E-state index contributed by atoms with van der Waals surface area (Å²) in [6.45, 7) is 9.70. The normalized spacial score (nSPS) is 18.4. The molecule has 1 aromatic carbocycles. The monoisotopic (exact) mass is 302 g/mol. The minimum atomic E-state index is -0.111. The molecule has 0 saturated heterocycles. The van der Waals surface area contributed by atoms with Gasteiger partial charge < -0.3 is 11.1 Å². The highest BCUT2D eigenvalue weighted by Crippen LogP contribution is 2.43. The van der Waals surface area contributed by atoms with Gasteiger partial charge in [0.1, 0.15) is 0 Å². The molecular formula is C19H30N2O. The van der Waals surface area contributed by atoms with Crippen LogP contribution in [0.25, 0.3) is 0 Å². The van der Waals surface area contributed by atoms with Gasteiger partial charge in [-0.2, -0.15) is 0 Å². The predicted octanol–water partition coefficient (Wildman–Crippen LogP) is 3.12. The van der Waals surface area contributed by atoms with E-state index in [9.17, 15) is 4.79 Å². The molecule has 1 saturated carbocycles. The molecule has 22 heavy (non-hydrogen) atoms. The average molecular weight is 302 g/mol. The lowest BCUT2D eigenvalue weighted by atomic mass is 9.64. The summed E-state index contributed by atoms with van der Waals surface area (Å²) in [5, 5.41) is 3.10. The van der Waals surface area contributed by atoms with Gasteiger partial charge in [0.2, 0.25) is 5.91 Å². The van der Waals surface area contributed by atoms with Crippen LogP contribution in [0.15, 0.2) is 24.3 Å². The van der Waals surface area contributed by atoms with E-state index in [-0.39, 0.29) is 22.7 Å². The number of carbonyl (C=O) groups excluding carboxylic acids is 1. The molecule has 1 aliphatic rings. The second-order valence-electron chi connectivity index (χ2n) is 7.82. The van der Waals surface area contributed by atoms with Gasteiger partial charge >= 0.3 is 0 Å². The van der Waals surface area contributed by atoms with Crippen molar-refractivity contribution in [3.8, 4) is 0 Å². The van der Waals surface area contributed by atoms with Crippen molar-refractivity contribution in [1.82, 2.24) is 5.32 Å². The maximum absolute atomic E-state index is 12.0. The Bertz CT molecular complexity index is 509. The molecule has 0 aliphatic heterocycles. The van der Waals surface area contributed by atoms with Gasteiger partial charge in [0.05, 0.1) is 0 Å². The van der Waals surface area contributed by atoms with Crippen LogP contribution in [0, 0.1) is 5.92 Å². The molecule has 0 aromatic heterocycles. The molecule has 3 nitrogen and oxygen atoms in total. The topological polar surface area (TPSA) is 55.1 Å². The van der Waals surface area contributed by atoms with Crippen LogP contribution in [0.4, 0.5) is 0 Å².